The number of hydrogen-bond acceptors (Lipinski definition) is 4. The Bertz CT molecular complexity index is 356. The standard InChI is InChI=1S/C11H17N3S/c1-3-9-7-13-11(15-9)8(2)14-10-5-4-6-12-10/h7-8H,3-6H2,1-2H3,(H,12,14). The number of hydrogen-bond donors (Lipinski definition) is 1. The van der Waals surface area contributed by atoms with Crippen LogP contribution in [-0.2, 0) is 6.42 Å². The van der Waals surface area contributed by atoms with Crippen LogP contribution in [0.5, 0.6) is 0 Å². The minimum absolute atomic E-state index is 0.298. The topological polar surface area (TPSA) is 37.3 Å². The zero-order valence-corrected chi connectivity index (χ0v) is 10.1. The maximum atomic E-state index is 4.43. The highest BCUT2D eigenvalue weighted by Gasteiger charge is 2.13. The number of aryl methyl sites for hydroxylation is 1. The van der Waals surface area contributed by atoms with Crippen LogP contribution in [0, 0.1) is 0 Å². The van der Waals surface area contributed by atoms with Gasteiger partial charge in [-0.15, -0.1) is 11.3 Å². The van der Waals surface area contributed by atoms with Gasteiger partial charge < -0.3 is 5.32 Å². The molecule has 0 fully saturated rings. The molecule has 1 aliphatic rings. The molecule has 3 nitrogen and oxygen atoms in total. The van der Waals surface area contributed by atoms with Gasteiger partial charge in [0.1, 0.15) is 5.01 Å². The van der Waals surface area contributed by atoms with Crippen molar-refractivity contribution in [3.05, 3.63) is 16.1 Å². The summed E-state index contributed by atoms with van der Waals surface area (Å²) in [4.78, 5) is 10.2. The number of nitrogens with zero attached hydrogens (tertiary/aromatic N) is 2. The zero-order valence-electron chi connectivity index (χ0n) is 9.29. The lowest BCUT2D eigenvalue weighted by atomic mass is 10.3. The normalized spacial score (nSPS) is 17.6. The molecule has 2 rings (SSSR count). The Morgan fingerprint density at radius 2 is 2.47 bits per heavy atom. The smallest absolute Gasteiger partial charge is 0.115 e. The molecule has 4 heteroatoms. The summed E-state index contributed by atoms with van der Waals surface area (Å²) >= 11 is 1.80. The molecule has 1 atom stereocenters. The molecule has 2 heterocycles. The highest BCUT2D eigenvalue weighted by molar-refractivity contribution is 7.11. The lowest BCUT2D eigenvalue weighted by molar-refractivity contribution is 0.703. The van der Waals surface area contributed by atoms with Gasteiger partial charge in [0.25, 0.3) is 0 Å². The SMILES string of the molecule is CCc1cnc(C(C)NC2=NCCC2)s1. The lowest BCUT2D eigenvalue weighted by Crippen LogP contribution is -2.24. The van der Waals surface area contributed by atoms with Gasteiger partial charge in [-0.1, -0.05) is 6.92 Å². The fraction of sp³-hybridized carbons (Fsp3) is 0.636. The van der Waals surface area contributed by atoms with E-state index in [0.717, 1.165) is 25.2 Å². The minimum atomic E-state index is 0.298. The van der Waals surface area contributed by atoms with Gasteiger partial charge >= 0.3 is 0 Å². The van der Waals surface area contributed by atoms with Gasteiger partial charge in [0.2, 0.25) is 0 Å². The maximum Gasteiger partial charge on any atom is 0.115 e. The van der Waals surface area contributed by atoms with Gasteiger partial charge in [0.15, 0.2) is 0 Å². The summed E-state index contributed by atoms with van der Waals surface area (Å²) in [6, 6.07) is 0.298. The van der Waals surface area contributed by atoms with Crippen LogP contribution in [0.4, 0.5) is 0 Å². The predicted octanol–water partition coefficient (Wildman–Crippen LogP) is 2.55. The number of rotatable bonds is 3. The average molecular weight is 223 g/mol. The van der Waals surface area contributed by atoms with Crippen molar-refractivity contribution in [1.29, 1.82) is 0 Å². The zero-order chi connectivity index (χ0) is 10.7. The highest BCUT2D eigenvalue weighted by atomic mass is 32.1. The van der Waals surface area contributed by atoms with Crippen molar-refractivity contribution >= 4 is 17.2 Å². The van der Waals surface area contributed by atoms with Crippen molar-refractivity contribution in [1.82, 2.24) is 10.3 Å². The summed E-state index contributed by atoms with van der Waals surface area (Å²) in [5.41, 5.74) is 0. The molecule has 1 N–H and O–H groups in total. The van der Waals surface area contributed by atoms with Crippen molar-refractivity contribution in [2.75, 3.05) is 6.54 Å². The Hall–Kier alpha value is -0.900. The number of amidine groups is 1. The second-order valence-electron chi connectivity index (χ2n) is 3.82. The van der Waals surface area contributed by atoms with Gasteiger partial charge in [-0.25, -0.2) is 4.98 Å². The van der Waals surface area contributed by atoms with E-state index >= 15 is 0 Å². The van der Waals surface area contributed by atoms with Gasteiger partial charge in [0, 0.05) is 24.0 Å². The van der Waals surface area contributed by atoms with Crippen LogP contribution in [0.2, 0.25) is 0 Å². The molecule has 82 valence electrons. The molecule has 0 spiro atoms. The highest BCUT2D eigenvalue weighted by Crippen LogP contribution is 2.20. The Balaban J connectivity index is 1.97. The summed E-state index contributed by atoms with van der Waals surface area (Å²) < 4.78 is 0. The third kappa shape index (κ3) is 2.56. The Morgan fingerprint density at radius 1 is 1.60 bits per heavy atom. The molecule has 0 radical (unpaired) electrons. The minimum Gasteiger partial charge on any atom is -0.365 e. The third-order valence-corrected chi connectivity index (χ3v) is 3.87. The average Bonchev–Trinajstić information content (AvgIpc) is 2.86. The molecule has 0 saturated heterocycles. The van der Waals surface area contributed by atoms with Crippen LogP contribution in [0.1, 0.15) is 42.6 Å². The van der Waals surface area contributed by atoms with E-state index in [1.165, 1.54) is 16.3 Å². The van der Waals surface area contributed by atoms with E-state index in [0.29, 0.717) is 6.04 Å². The van der Waals surface area contributed by atoms with Crippen molar-refractivity contribution in [3.8, 4) is 0 Å². The van der Waals surface area contributed by atoms with Crippen LogP contribution >= 0.6 is 11.3 Å². The summed E-state index contributed by atoms with van der Waals surface area (Å²) in [5.74, 6) is 1.15. The third-order valence-electron chi connectivity index (χ3n) is 2.55. The second kappa shape index (κ2) is 4.75. The molecular formula is C11H17N3S. The first-order valence-electron chi connectivity index (χ1n) is 5.54. The molecule has 0 saturated carbocycles. The van der Waals surface area contributed by atoms with E-state index in [1.54, 1.807) is 11.3 Å². The first-order chi connectivity index (χ1) is 7.29. The van der Waals surface area contributed by atoms with Crippen LogP contribution in [0.15, 0.2) is 11.2 Å². The van der Waals surface area contributed by atoms with Gasteiger partial charge in [-0.2, -0.15) is 0 Å². The number of aliphatic imine (C=N–C) groups is 1. The van der Waals surface area contributed by atoms with Crippen molar-refractivity contribution < 1.29 is 0 Å². The Kier molecular flexibility index (Phi) is 3.36. The molecule has 1 aliphatic heterocycles. The molecule has 0 aliphatic carbocycles. The van der Waals surface area contributed by atoms with Gasteiger partial charge in [-0.05, 0) is 19.8 Å². The van der Waals surface area contributed by atoms with E-state index < -0.39 is 0 Å². The quantitative estimate of drug-likeness (QED) is 0.855. The van der Waals surface area contributed by atoms with Crippen molar-refractivity contribution in [2.45, 2.75) is 39.2 Å². The van der Waals surface area contributed by atoms with E-state index in [-0.39, 0.29) is 0 Å². The van der Waals surface area contributed by atoms with E-state index in [4.69, 9.17) is 0 Å². The van der Waals surface area contributed by atoms with E-state index in [9.17, 15) is 0 Å². The summed E-state index contributed by atoms with van der Waals surface area (Å²) in [7, 11) is 0. The molecule has 15 heavy (non-hydrogen) atoms. The van der Waals surface area contributed by atoms with Crippen LogP contribution in [-0.4, -0.2) is 17.4 Å². The second-order valence-corrected chi connectivity index (χ2v) is 4.96. The molecule has 0 amide bonds. The summed E-state index contributed by atoms with van der Waals surface area (Å²) in [6.45, 7) is 5.29. The fourth-order valence-corrected chi connectivity index (χ4v) is 2.51. The number of nitrogens with one attached hydrogen (secondary N) is 1. The fourth-order valence-electron chi connectivity index (χ4n) is 1.66. The Morgan fingerprint density at radius 3 is 3.07 bits per heavy atom. The molecule has 0 aromatic carbocycles. The first-order valence-corrected chi connectivity index (χ1v) is 6.35. The molecule has 1 aromatic rings. The largest absolute Gasteiger partial charge is 0.365 e. The van der Waals surface area contributed by atoms with E-state index in [2.05, 4.69) is 29.1 Å². The number of thiazole rings is 1. The summed E-state index contributed by atoms with van der Waals surface area (Å²) in [5, 5.41) is 4.60. The van der Waals surface area contributed by atoms with Crippen LogP contribution in [0.3, 0.4) is 0 Å². The van der Waals surface area contributed by atoms with Gasteiger partial charge in [0.05, 0.1) is 11.9 Å². The predicted molar refractivity (Wildman–Crippen MR) is 64.6 cm³/mol. The number of aromatic nitrogens is 1. The van der Waals surface area contributed by atoms with Crippen molar-refractivity contribution in [2.24, 2.45) is 4.99 Å². The molecular weight excluding hydrogens is 206 g/mol. The van der Waals surface area contributed by atoms with E-state index in [1.807, 2.05) is 6.20 Å². The van der Waals surface area contributed by atoms with Crippen LogP contribution in [0.25, 0.3) is 0 Å². The maximum absolute atomic E-state index is 4.43. The first kappa shape index (κ1) is 10.6. The molecule has 1 aromatic heterocycles. The molecule has 0 bridgehead atoms. The van der Waals surface area contributed by atoms with Crippen LogP contribution < -0.4 is 5.32 Å². The monoisotopic (exact) mass is 223 g/mol. The van der Waals surface area contributed by atoms with Crippen molar-refractivity contribution in [3.63, 3.8) is 0 Å². The van der Waals surface area contributed by atoms with Gasteiger partial charge in [-0.3, -0.25) is 4.99 Å². The summed E-state index contributed by atoms with van der Waals surface area (Å²) in [6.07, 6.45) is 5.34. The molecule has 1 unspecified atom stereocenters. The Labute approximate surface area is 94.7 Å². The lowest BCUT2D eigenvalue weighted by Gasteiger charge is -2.11.